The third-order valence-corrected chi connectivity index (χ3v) is 8.43. The predicted octanol–water partition coefficient (Wildman–Crippen LogP) is 2.91. The Morgan fingerprint density at radius 2 is 2.05 bits per heavy atom. The van der Waals surface area contributed by atoms with Gasteiger partial charge in [0, 0.05) is 25.3 Å². The number of primary amides is 1. The molecule has 0 atom stereocenters. The normalized spacial score (nSPS) is 12.2. The second-order valence-corrected chi connectivity index (χ2v) is 11.6. The van der Waals surface area contributed by atoms with Gasteiger partial charge in [0.05, 0.1) is 13.0 Å². The SMILES string of the molecule is CC(C)(C)[Si](C)(C)OC[CH]c1ccc(OCCC(N)=O)nc1. The van der Waals surface area contributed by atoms with Crippen LogP contribution in [0.3, 0.4) is 0 Å². The molecule has 5 nitrogen and oxygen atoms in total. The average Bonchev–Trinajstić information content (AvgIpc) is 2.38. The van der Waals surface area contributed by atoms with Crippen LogP contribution in [-0.4, -0.2) is 32.4 Å². The van der Waals surface area contributed by atoms with Crippen LogP contribution in [0.1, 0.15) is 32.8 Å². The van der Waals surface area contributed by atoms with Gasteiger partial charge in [0.25, 0.3) is 0 Å². The first-order valence-electron chi connectivity index (χ1n) is 7.46. The van der Waals surface area contributed by atoms with Gasteiger partial charge in [-0.3, -0.25) is 4.79 Å². The number of nitrogens with two attached hydrogens (primary N) is 1. The van der Waals surface area contributed by atoms with Gasteiger partial charge in [-0.1, -0.05) is 26.8 Å². The molecule has 0 bridgehead atoms. The van der Waals surface area contributed by atoms with Crippen LogP contribution in [0.15, 0.2) is 18.3 Å². The third-order valence-electron chi connectivity index (χ3n) is 3.93. The summed E-state index contributed by atoms with van der Waals surface area (Å²) in [5, 5.41) is 0.206. The zero-order chi connectivity index (χ0) is 16.8. The number of rotatable bonds is 8. The Morgan fingerprint density at radius 3 is 2.55 bits per heavy atom. The Bertz CT molecular complexity index is 481. The van der Waals surface area contributed by atoms with E-state index in [2.05, 4.69) is 38.8 Å². The smallest absolute Gasteiger partial charge is 0.220 e. The monoisotopic (exact) mass is 323 g/mol. The van der Waals surface area contributed by atoms with Crippen molar-refractivity contribution in [3.8, 4) is 5.88 Å². The Morgan fingerprint density at radius 1 is 1.36 bits per heavy atom. The summed E-state index contributed by atoms with van der Waals surface area (Å²) in [6.45, 7) is 12.0. The van der Waals surface area contributed by atoms with Crippen LogP contribution in [0.4, 0.5) is 0 Å². The fourth-order valence-corrected chi connectivity index (χ4v) is 2.35. The molecule has 0 spiro atoms. The van der Waals surface area contributed by atoms with Gasteiger partial charge in [-0.25, -0.2) is 4.98 Å². The lowest BCUT2D eigenvalue weighted by molar-refractivity contribution is -0.118. The highest BCUT2D eigenvalue weighted by molar-refractivity contribution is 6.74. The summed E-state index contributed by atoms with van der Waals surface area (Å²) in [5.74, 6) is 0.108. The zero-order valence-corrected chi connectivity index (χ0v) is 15.2. The van der Waals surface area contributed by atoms with Gasteiger partial charge in [-0.15, -0.1) is 0 Å². The maximum atomic E-state index is 10.6. The third kappa shape index (κ3) is 6.15. The molecule has 0 aromatic carbocycles. The Kier molecular flexibility index (Phi) is 6.56. The summed E-state index contributed by atoms with van der Waals surface area (Å²) in [6.07, 6.45) is 3.94. The number of ether oxygens (including phenoxy) is 1. The molecule has 1 radical (unpaired) electrons. The van der Waals surface area contributed by atoms with E-state index in [-0.39, 0.29) is 24.0 Å². The van der Waals surface area contributed by atoms with E-state index in [1.807, 2.05) is 12.5 Å². The molecule has 1 amide bonds. The lowest BCUT2D eigenvalue weighted by Crippen LogP contribution is -2.41. The number of nitrogens with zero attached hydrogens (tertiary/aromatic N) is 1. The lowest BCUT2D eigenvalue weighted by Gasteiger charge is -2.36. The summed E-state index contributed by atoms with van der Waals surface area (Å²) < 4.78 is 11.4. The van der Waals surface area contributed by atoms with E-state index in [1.165, 1.54) is 0 Å². The van der Waals surface area contributed by atoms with Gasteiger partial charge in [-0.05, 0) is 23.7 Å². The topological polar surface area (TPSA) is 74.4 Å². The largest absolute Gasteiger partial charge is 0.477 e. The number of aromatic nitrogens is 1. The van der Waals surface area contributed by atoms with E-state index in [9.17, 15) is 4.79 Å². The second kappa shape index (κ2) is 7.74. The Hall–Kier alpha value is -1.40. The molecule has 0 aliphatic heterocycles. The maximum Gasteiger partial charge on any atom is 0.220 e. The Labute approximate surface area is 134 Å². The molecule has 1 heterocycles. The molecule has 0 unspecified atom stereocenters. The second-order valence-electron chi connectivity index (χ2n) is 6.77. The van der Waals surface area contributed by atoms with Crippen molar-refractivity contribution < 1.29 is 14.0 Å². The highest BCUT2D eigenvalue weighted by atomic mass is 28.4. The predicted molar refractivity (Wildman–Crippen MR) is 90.1 cm³/mol. The van der Waals surface area contributed by atoms with Crippen molar-refractivity contribution in [1.82, 2.24) is 4.98 Å². The van der Waals surface area contributed by atoms with Gasteiger partial charge < -0.3 is 14.9 Å². The standard InChI is InChI=1S/C16H27N2O3Si/c1-16(2,3)22(4,5)21-11-8-13-6-7-15(18-12-13)20-10-9-14(17)19/h6-8,12H,9-11H2,1-5H3,(H2,17,19). The van der Waals surface area contributed by atoms with Crippen LogP contribution >= 0.6 is 0 Å². The summed E-state index contributed by atoms with van der Waals surface area (Å²) in [5.41, 5.74) is 6.03. The molecule has 123 valence electrons. The van der Waals surface area contributed by atoms with Crippen molar-refractivity contribution >= 4 is 14.2 Å². The molecule has 1 rings (SSSR count). The zero-order valence-electron chi connectivity index (χ0n) is 14.2. The van der Waals surface area contributed by atoms with Crippen molar-refractivity contribution in [2.45, 2.75) is 45.3 Å². The van der Waals surface area contributed by atoms with Crippen LogP contribution < -0.4 is 10.5 Å². The molecule has 1 aromatic rings. The van der Waals surface area contributed by atoms with Crippen LogP contribution in [0.25, 0.3) is 0 Å². The van der Waals surface area contributed by atoms with Gasteiger partial charge >= 0.3 is 0 Å². The van der Waals surface area contributed by atoms with Crippen LogP contribution in [0, 0.1) is 6.42 Å². The number of carbonyl (C=O) groups excluding carboxylic acids is 1. The fourth-order valence-electron chi connectivity index (χ4n) is 1.42. The molecule has 6 heteroatoms. The molecule has 0 saturated carbocycles. The average molecular weight is 323 g/mol. The number of amides is 1. The van der Waals surface area contributed by atoms with Gasteiger partial charge in [0.15, 0.2) is 8.32 Å². The first kappa shape index (κ1) is 18.6. The minimum absolute atomic E-state index is 0.190. The van der Waals surface area contributed by atoms with E-state index in [4.69, 9.17) is 14.9 Å². The molecule has 0 saturated heterocycles. The molecule has 0 fully saturated rings. The van der Waals surface area contributed by atoms with E-state index < -0.39 is 8.32 Å². The van der Waals surface area contributed by atoms with Crippen LogP contribution in [0.5, 0.6) is 5.88 Å². The van der Waals surface area contributed by atoms with Gasteiger partial charge in [-0.2, -0.15) is 0 Å². The van der Waals surface area contributed by atoms with Crippen molar-refractivity contribution in [1.29, 1.82) is 0 Å². The molecular formula is C16H27N2O3Si. The summed E-state index contributed by atoms with van der Waals surface area (Å²) in [7, 11) is -1.72. The highest BCUT2D eigenvalue weighted by Gasteiger charge is 2.36. The molecule has 2 N–H and O–H groups in total. The number of hydrogen-bond donors (Lipinski definition) is 1. The molecular weight excluding hydrogens is 296 g/mol. The van der Waals surface area contributed by atoms with Crippen LogP contribution in [-0.2, 0) is 9.22 Å². The number of hydrogen-bond acceptors (Lipinski definition) is 4. The maximum absolute atomic E-state index is 10.6. The van der Waals surface area contributed by atoms with Crippen molar-refractivity contribution in [3.63, 3.8) is 0 Å². The molecule has 0 aliphatic rings. The summed E-state index contributed by atoms with van der Waals surface area (Å²) in [4.78, 5) is 14.8. The molecule has 22 heavy (non-hydrogen) atoms. The van der Waals surface area contributed by atoms with Crippen LogP contribution in [0.2, 0.25) is 18.1 Å². The quantitative estimate of drug-likeness (QED) is 0.746. The number of carbonyl (C=O) groups is 1. The van der Waals surface area contributed by atoms with Gasteiger partial charge in [0.2, 0.25) is 11.8 Å². The summed E-state index contributed by atoms with van der Waals surface area (Å²) >= 11 is 0. The van der Waals surface area contributed by atoms with Crippen molar-refractivity contribution in [2.24, 2.45) is 5.73 Å². The van der Waals surface area contributed by atoms with E-state index in [0.29, 0.717) is 12.5 Å². The van der Waals surface area contributed by atoms with Crippen molar-refractivity contribution in [3.05, 3.63) is 30.3 Å². The molecule has 0 aliphatic carbocycles. The fraction of sp³-hybridized carbons (Fsp3) is 0.562. The summed E-state index contributed by atoms with van der Waals surface area (Å²) in [6, 6.07) is 3.70. The lowest BCUT2D eigenvalue weighted by atomic mass is 10.2. The highest BCUT2D eigenvalue weighted by Crippen LogP contribution is 2.36. The van der Waals surface area contributed by atoms with Crippen molar-refractivity contribution in [2.75, 3.05) is 13.2 Å². The number of pyridine rings is 1. The van der Waals surface area contributed by atoms with Gasteiger partial charge in [0.1, 0.15) is 0 Å². The Balaban J connectivity index is 2.40. The minimum atomic E-state index is -1.72. The first-order valence-corrected chi connectivity index (χ1v) is 10.4. The molecule has 1 aromatic heterocycles. The van der Waals surface area contributed by atoms with E-state index >= 15 is 0 Å². The first-order chi connectivity index (χ1) is 10.1. The van der Waals surface area contributed by atoms with E-state index in [0.717, 1.165) is 5.56 Å². The van der Waals surface area contributed by atoms with E-state index in [1.54, 1.807) is 12.3 Å². The minimum Gasteiger partial charge on any atom is -0.477 e.